The molecule has 13 heteroatoms. The predicted octanol–water partition coefficient (Wildman–Crippen LogP) is 1.64. The summed E-state index contributed by atoms with van der Waals surface area (Å²) < 4.78 is 35.7. The Morgan fingerprint density at radius 3 is 2.23 bits per heavy atom. The summed E-state index contributed by atoms with van der Waals surface area (Å²) in [6, 6.07) is 1.80. The summed E-state index contributed by atoms with van der Waals surface area (Å²) in [5, 5.41) is 36.7. The third kappa shape index (κ3) is 3.67. The lowest BCUT2D eigenvalue weighted by atomic mass is 9.33. The fraction of sp³-hybridized carbons (Fsp3) is 0.765. The van der Waals surface area contributed by atoms with Crippen molar-refractivity contribution in [1.29, 1.82) is 0 Å². The van der Waals surface area contributed by atoms with E-state index in [1.165, 1.54) is 13.2 Å². The van der Waals surface area contributed by atoms with Gasteiger partial charge in [-0.15, -0.1) is 0 Å². The molecule has 6 fully saturated rings. The Kier molecular flexibility index (Phi) is 7.02. The molecule has 7 rings (SSSR count). The Balaban J connectivity index is 1.44. The highest BCUT2D eigenvalue weighted by molar-refractivity contribution is 5.93. The lowest BCUT2D eigenvalue weighted by Gasteiger charge is -2.73. The second-order valence-electron chi connectivity index (χ2n) is 15.6. The standard InChI is InChI=1S/C34H44O13/c1-14(2)28(41)46-29-30(5)19-11-20(37)32(7)24(33(19,13-43-29)26(40)23(25(30)39)44-15(3)35)22(38)27(45-16(4)36)31(6)18(17-8-9-42-12-17)10-21-34(31,32)47-21/h8-9,12,14,18-21,23-27,29,37,39-40H,10-11,13H2,1-7H3/t18-,19?,20+,21?,23-,24-,25+,26-,27-,29?,30+,31+,32+,33-,34-/m0/s1. The molecule has 13 nitrogen and oxygen atoms in total. The lowest BCUT2D eigenvalue weighted by molar-refractivity contribution is -0.391. The van der Waals surface area contributed by atoms with Gasteiger partial charge in [0.1, 0.15) is 17.8 Å². The molecule has 15 atom stereocenters. The summed E-state index contributed by atoms with van der Waals surface area (Å²) in [4.78, 5) is 53.4. The van der Waals surface area contributed by atoms with Gasteiger partial charge in [0.2, 0.25) is 6.29 Å². The summed E-state index contributed by atoms with van der Waals surface area (Å²) in [5.74, 6) is -5.63. The maximum atomic E-state index is 15.3. The van der Waals surface area contributed by atoms with Crippen molar-refractivity contribution < 1.29 is 62.6 Å². The number of ether oxygens (including phenoxy) is 5. The van der Waals surface area contributed by atoms with Crippen LogP contribution in [0.5, 0.6) is 0 Å². The Bertz CT molecular complexity index is 1510. The lowest BCUT2D eigenvalue weighted by Crippen LogP contribution is -2.84. The van der Waals surface area contributed by atoms with Gasteiger partial charge in [-0.05, 0) is 30.4 Å². The van der Waals surface area contributed by atoms with Crippen LogP contribution in [-0.4, -0.2) is 94.1 Å². The number of hydrogen-bond donors (Lipinski definition) is 3. The van der Waals surface area contributed by atoms with Gasteiger partial charge >= 0.3 is 17.9 Å². The zero-order chi connectivity index (χ0) is 34.2. The van der Waals surface area contributed by atoms with Gasteiger partial charge in [-0.1, -0.05) is 34.6 Å². The number of epoxide rings is 1. The zero-order valence-electron chi connectivity index (χ0n) is 27.6. The number of fused-ring (bicyclic) bond motifs is 1. The maximum Gasteiger partial charge on any atom is 0.310 e. The first-order valence-corrected chi connectivity index (χ1v) is 16.4. The number of rotatable bonds is 5. The highest BCUT2D eigenvalue weighted by atomic mass is 16.7. The summed E-state index contributed by atoms with van der Waals surface area (Å²) in [6.45, 7) is 10.6. The monoisotopic (exact) mass is 660 g/mol. The molecule has 0 aromatic carbocycles. The SMILES string of the molecule is CC(=O)O[C@H]1[C@@H](O)[C@]2(C)C(OC(=O)C(C)C)OC[C@@]3(C2C[C@@H](O)[C@]2(C)[C@@H]3C(=O)[C@H](OC(C)=O)[C@@]3(C)[C@H](c4ccoc4)CC4O[C@@]432)[C@H]1O. The van der Waals surface area contributed by atoms with Gasteiger partial charge < -0.3 is 43.4 Å². The van der Waals surface area contributed by atoms with Crippen LogP contribution in [0.1, 0.15) is 72.8 Å². The Morgan fingerprint density at radius 2 is 1.64 bits per heavy atom. The molecule has 2 bridgehead atoms. The topological polar surface area (TPSA) is 192 Å². The van der Waals surface area contributed by atoms with Crippen LogP contribution >= 0.6 is 0 Å². The molecule has 2 saturated heterocycles. The molecule has 2 aliphatic heterocycles. The van der Waals surface area contributed by atoms with Gasteiger partial charge in [0.05, 0.1) is 48.1 Å². The first kappa shape index (κ1) is 32.7. The normalized spacial score (nSPS) is 50.8. The minimum absolute atomic E-state index is 0.0285. The molecule has 0 amide bonds. The van der Waals surface area contributed by atoms with E-state index in [9.17, 15) is 29.7 Å². The number of aliphatic hydroxyl groups excluding tert-OH is 3. The van der Waals surface area contributed by atoms with Crippen LogP contribution in [0.3, 0.4) is 0 Å². The van der Waals surface area contributed by atoms with Crippen molar-refractivity contribution in [3.8, 4) is 0 Å². The van der Waals surface area contributed by atoms with Crippen LogP contribution in [0.25, 0.3) is 0 Å². The molecule has 3 N–H and O–H groups in total. The van der Waals surface area contributed by atoms with E-state index in [1.54, 1.807) is 40.0 Å². The molecular formula is C34H44O13. The van der Waals surface area contributed by atoms with Crippen LogP contribution < -0.4 is 0 Å². The molecule has 258 valence electrons. The van der Waals surface area contributed by atoms with E-state index >= 15 is 4.79 Å². The third-order valence-corrected chi connectivity index (χ3v) is 13.3. The van der Waals surface area contributed by atoms with Crippen molar-refractivity contribution in [2.24, 2.45) is 39.4 Å². The van der Waals surface area contributed by atoms with Gasteiger partial charge in [-0.2, -0.15) is 0 Å². The van der Waals surface area contributed by atoms with E-state index in [0.717, 1.165) is 12.5 Å². The molecule has 1 spiro atoms. The van der Waals surface area contributed by atoms with Crippen molar-refractivity contribution in [3.05, 3.63) is 24.2 Å². The number of furan rings is 1. The molecule has 1 aromatic heterocycles. The van der Waals surface area contributed by atoms with Crippen LogP contribution in [-0.2, 0) is 42.9 Å². The van der Waals surface area contributed by atoms with Crippen LogP contribution in [0.4, 0.5) is 0 Å². The highest BCUT2D eigenvalue weighted by Gasteiger charge is 2.93. The van der Waals surface area contributed by atoms with E-state index in [-0.39, 0.29) is 18.9 Å². The van der Waals surface area contributed by atoms with E-state index in [1.807, 2.05) is 6.92 Å². The van der Waals surface area contributed by atoms with Crippen molar-refractivity contribution in [2.75, 3.05) is 6.61 Å². The smallest absolute Gasteiger partial charge is 0.310 e. The number of hydrogen-bond acceptors (Lipinski definition) is 13. The molecule has 1 aromatic rings. The average molecular weight is 661 g/mol. The van der Waals surface area contributed by atoms with Gasteiger partial charge in [0.15, 0.2) is 18.0 Å². The molecule has 4 aliphatic carbocycles. The van der Waals surface area contributed by atoms with Gasteiger partial charge in [0.25, 0.3) is 0 Å². The van der Waals surface area contributed by atoms with Gasteiger partial charge in [-0.25, -0.2) is 0 Å². The summed E-state index contributed by atoms with van der Waals surface area (Å²) in [7, 11) is 0. The fourth-order valence-electron chi connectivity index (χ4n) is 11.4. The number of ketones is 1. The zero-order valence-corrected chi connectivity index (χ0v) is 27.6. The first-order chi connectivity index (χ1) is 21.9. The maximum absolute atomic E-state index is 15.3. The molecule has 6 aliphatic rings. The van der Waals surface area contributed by atoms with E-state index in [0.29, 0.717) is 6.42 Å². The fourth-order valence-corrected chi connectivity index (χ4v) is 11.4. The van der Waals surface area contributed by atoms with E-state index in [2.05, 4.69) is 0 Å². The predicted molar refractivity (Wildman–Crippen MR) is 157 cm³/mol. The Hall–Kier alpha value is -2.84. The number of Topliss-reactive ketones (excluding diaryl/α,β-unsaturated/α-hetero) is 1. The average Bonchev–Trinajstić information content (AvgIpc) is 3.36. The van der Waals surface area contributed by atoms with E-state index in [4.69, 9.17) is 28.1 Å². The molecular weight excluding hydrogens is 616 g/mol. The van der Waals surface area contributed by atoms with Crippen molar-refractivity contribution in [3.63, 3.8) is 0 Å². The highest BCUT2D eigenvalue weighted by Crippen LogP contribution is 2.83. The van der Waals surface area contributed by atoms with E-state index < -0.39 is 112 Å². The quantitative estimate of drug-likeness (QED) is 0.235. The first-order valence-electron chi connectivity index (χ1n) is 16.4. The van der Waals surface area contributed by atoms with Gasteiger partial charge in [-0.3, -0.25) is 19.2 Å². The van der Waals surface area contributed by atoms with Crippen molar-refractivity contribution >= 4 is 23.7 Å². The minimum atomic E-state index is -1.66. The molecule has 0 radical (unpaired) electrons. The van der Waals surface area contributed by atoms with Crippen molar-refractivity contribution in [2.45, 2.75) is 116 Å². The van der Waals surface area contributed by atoms with Crippen LogP contribution in [0.15, 0.2) is 23.0 Å². The molecule has 47 heavy (non-hydrogen) atoms. The number of carbonyl (C=O) groups excluding carboxylic acids is 4. The summed E-state index contributed by atoms with van der Waals surface area (Å²) in [6.07, 6.45) is -5.62. The second kappa shape index (κ2) is 10.1. The van der Waals surface area contributed by atoms with Gasteiger partial charge in [0, 0.05) is 36.5 Å². The van der Waals surface area contributed by atoms with Crippen molar-refractivity contribution in [1.82, 2.24) is 0 Å². The summed E-state index contributed by atoms with van der Waals surface area (Å²) >= 11 is 0. The molecule has 3 heterocycles. The second-order valence-corrected chi connectivity index (χ2v) is 15.6. The molecule has 3 unspecified atom stereocenters. The third-order valence-electron chi connectivity index (χ3n) is 13.3. The number of esters is 3. The molecule has 4 saturated carbocycles. The number of aliphatic hydroxyl groups is 3. The van der Waals surface area contributed by atoms with Crippen LogP contribution in [0.2, 0.25) is 0 Å². The Labute approximate surface area is 272 Å². The minimum Gasteiger partial charge on any atom is -0.472 e. The largest absolute Gasteiger partial charge is 0.472 e. The van der Waals surface area contributed by atoms with Crippen LogP contribution in [0, 0.1) is 39.4 Å². The summed E-state index contributed by atoms with van der Waals surface area (Å²) in [5.41, 5.74) is -6.07. The number of carbonyl (C=O) groups is 4. The Morgan fingerprint density at radius 1 is 0.957 bits per heavy atom.